The van der Waals surface area contributed by atoms with E-state index in [0.717, 1.165) is 0 Å². The van der Waals surface area contributed by atoms with Crippen LogP contribution in [0.2, 0.25) is 0 Å². The number of fused-ring (bicyclic) bond motifs is 2. The molecular formula is C15H23FN2O3. The fourth-order valence-corrected chi connectivity index (χ4v) is 2.93. The Kier molecular flexibility index (Phi) is 4.00. The molecule has 0 radical (unpaired) electrons. The molecule has 0 aromatic rings. The van der Waals surface area contributed by atoms with Crippen LogP contribution in [-0.2, 0) is 9.53 Å². The highest BCUT2D eigenvalue weighted by molar-refractivity contribution is 6.02. The zero-order valence-corrected chi connectivity index (χ0v) is 13.2. The first-order chi connectivity index (χ1) is 9.61. The minimum Gasteiger partial charge on any atom is -0.444 e. The fourth-order valence-electron chi connectivity index (χ4n) is 2.93. The Bertz CT molecular complexity index is 482. The molecule has 0 aromatic heterocycles. The molecule has 2 rings (SSSR count). The van der Waals surface area contributed by atoms with Crippen LogP contribution in [0.5, 0.6) is 0 Å². The van der Waals surface area contributed by atoms with E-state index in [1.807, 2.05) is 0 Å². The van der Waals surface area contributed by atoms with Crippen LogP contribution in [0, 0.1) is 0 Å². The van der Waals surface area contributed by atoms with Crippen molar-refractivity contribution in [1.29, 1.82) is 0 Å². The van der Waals surface area contributed by atoms with Gasteiger partial charge in [-0.25, -0.2) is 9.18 Å². The molecule has 2 fully saturated rings. The minimum atomic E-state index is -1.66. The van der Waals surface area contributed by atoms with Crippen LogP contribution >= 0.6 is 0 Å². The summed E-state index contributed by atoms with van der Waals surface area (Å²) in [6.45, 7) is 5.31. The number of halogens is 1. The highest BCUT2D eigenvalue weighted by Crippen LogP contribution is 2.39. The summed E-state index contributed by atoms with van der Waals surface area (Å²) in [6, 6.07) is -1.08. The Balaban J connectivity index is 2.32. The van der Waals surface area contributed by atoms with Crippen LogP contribution in [0.15, 0.2) is 11.8 Å². The van der Waals surface area contributed by atoms with Crippen molar-refractivity contribution in [1.82, 2.24) is 9.80 Å². The van der Waals surface area contributed by atoms with E-state index < -0.39 is 29.7 Å². The van der Waals surface area contributed by atoms with Gasteiger partial charge < -0.3 is 9.64 Å². The van der Waals surface area contributed by atoms with Gasteiger partial charge in [0.2, 0.25) is 0 Å². The summed E-state index contributed by atoms with van der Waals surface area (Å²) in [4.78, 5) is 27.6. The quantitative estimate of drug-likeness (QED) is 0.696. The predicted molar refractivity (Wildman–Crippen MR) is 76.6 cm³/mol. The second-order valence-corrected chi connectivity index (χ2v) is 6.86. The van der Waals surface area contributed by atoms with Gasteiger partial charge in [0.15, 0.2) is 12.0 Å². The average Bonchev–Trinajstić information content (AvgIpc) is 2.71. The number of piperidine rings is 1. The van der Waals surface area contributed by atoms with Gasteiger partial charge in [-0.2, -0.15) is 0 Å². The van der Waals surface area contributed by atoms with E-state index in [0.29, 0.717) is 18.4 Å². The van der Waals surface area contributed by atoms with E-state index in [1.54, 1.807) is 46.0 Å². The van der Waals surface area contributed by atoms with Crippen molar-refractivity contribution in [3.63, 3.8) is 0 Å². The Morgan fingerprint density at radius 1 is 1.38 bits per heavy atom. The first-order valence-corrected chi connectivity index (χ1v) is 7.19. The third-order valence-electron chi connectivity index (χ3n) is 3.66. The lowest BCUT2D eigenvalue weighted by molar-refractivity contribution is -0.125. The summed E-state index contributed by atoms with van der Waals surface area (Å²) in [7, 11) is 3.54. The van der Waals surface area contributed by atoms with E-state index in [2.05, 4.69) is 0 Å². The molecule has 0 aromatic carbocycles. The highest BCUT2D eigenvalue weighted by Gasteiger charge is 2.53. The molecule has 21 heavy (non-hydrogen) atoms. The van der Waals surface area contributed by atoms with E-state index >= 15 is 0 Å². The van der Waals surface area contributed by atoms with Crippen LogP contribution in [0.25, 0.3) is 0 Å². The van der Waals surface area contributed by atoms with Crippen molar-refractivity contribution in [3.8, 4) is 0 Å². The SMILES string of the molecule is CN(C)C=C1C(=O)C(F)C2CCC1N2C(=O)OC(C)(C)C. The number of Topliss-reactive ketones (excluding diaryl/α,β-unsaturated/α-hetero) is 1. The van der Waals surface area contributed by atoms with E-state index in [-0.39, 0.29) is 6.04 Å². The summed E-state index contributed by atoms with van der Waals surface area (Å²) in [6.07, 6.45) is 0.479. The summed E-state index contributed by atoms with van der Waals surface area (Å²) in [5, 5.41) is 0. The molecule has 2 aliphatic rings. The number of carbonyl (C=O) groups is 2. The Hall–Kier alpha value is -1.59. The summed E-state index contributed by atoms with van der Waals surface area (Å²) >= 11 is 0. The van der Waals surface area contributed by atoms with Gasteiger partial charge in [-0.05, 0) is 33.6 Å². The number of amides is 1. The van der Waals surface area contributed by atoms with Crippen LogP contribution in [0.3, 0.4) is 0 Å². The van der Waals surface area contributed by atoms with E-state index in [4.69, 9.17) is 4.74 Å². The van der Waals surface area contributed by atoms with Crippen LogP contribution in [-0.4, -0.2) is 59.6 Å². The first-order valence-electron chi connectivity index (χ1n) is 7.19. The normalized spacial score (nSPS) is 30.8. The number of ether oxygens (including phenoxy) is 1. The zero-order valence-electron chi connectivity index (χ0n) is 13.2. The van der Waals surface area contributed by atoms with Crippen molar-refractivity contribution < 1.29 is 18.7 Å². The molecule has 0 N–H and O–H groups in total. The molecule has 0 spiro atoms. The van der Waals surface area contributed by atoms with E-state index in [9.17, 15) is 14.0 Å². The number of hydrogen-bond donors (Lipinski definition) is 0. The molecule has 0 saturated carbocycles. The number of rotatable bonds is 1. The number of nitrogens with zero attached hydrogens (tertiary/aromatic N) is 2. The van der Waals surface area contributed by atoms with Crippen molar-refractivity contribution in [2.45, 2.75) is 57.5 Å². The van der Waals surface area contributed by atoms with Crippen molar-refractivity contribution in [2.75, 3.05) is 14.1 Å². The van der Waals surface area contributed by atoms with Gasteiger partial charge in [-0.15, -0.1) is 0 Å². The number of carbonyl (C=O) groups excluding carboxylic acids is 2. The van der Waals surface area contributed by atoms with Crippen LogP contribution < -0.4 is 0 Å². The molecular weight excluding hydrogens is 275 g/mol. The highest BCUT2D eigenvalue weighted by atomic mass is 19.1. The molecule has 0 aliphatic carbocycles. The maximum atomic E-state index is 14.4. The van der Waals surface area contributed by atoms with Gasteiger partial charge in [0, 0.05) is 25.9 Å². The smallest absolute Gasteiger partial charge is 0.411 e. The van der Waals surface area contributed by atoms with E-state index in [1.165, 1.54) is 4.90 Å². The number of alkyl halides is 1. The molecule has 3 unspecified atom stereocenters. The number of hydrogen-bond acceptors (Lipinski definition) is 4. The first kappa shape index (κ1) is 15.8. The zero-order chi connectivity index (χ0) is 15.9. The maximum absolute atomic E-state index is 14.4. The lowest BCUT2D eigenvalue weighted by Crippen LogP contribution is -2.55. The summed E-state index contributed by atoms with van der Waals surface area (Å²) in [5.74, 6) is -0.504. The largest absolute Gasteiger partial charge is 0.444 e. The van der Waals surface area contributed by atoms with Crippen molar-refractivity contribution in [3.05, 3.63) is 11.8 Å². The van der Waals surface area contributed by atoms with Gasteiger partial charge in [-0.1, -0.05) is 0 Å². The standard InChI is InChI=1S/C15H23FN2O3/c1-15(2,3)21-14(20)18-10-6-7-11(18)12(16)13(19)9(10)8-17(4)5/h8,10-12H,6-7H2,1-5H3. The summed E-state index contributed by atoms with van der Waals surface area (Å²) in [5.41, 5.74) is -0.290. The molecule has 1 amide bonds. The molecule has 118 valence electrons. The second-order valence-electron chi connectivity index (χ2n) is 6.86. The molecule has 5 nitrogen and oxygen atoms in total. The molecule has 3 atom stereocenters. The Morgan fingerprint density at radius 3 is 2.52 bits per heavy atom. The molecule has 2 heterocycles. The van der Waals surface area contributed by atoms with Crippen molar-refractivity contribution >= 4 is 11.9 Å². The van der Waals surface area contributed by atoms with Gasteiger partial charge in [-0.3, -0.25) is 9.69 Å². The van der Waals surface area contributed by atoms with Crippen LogP contribution in [0.4, 0.5) is 9.18 Å². The van der Waals surface area contributed by atoms with Gasteiger partial charge in [0.05, 0.1) is 12.1 Å². The predicted octanol–water partition coefficient (Wildman–Crippen LogP) is 2.12. The molecule has 2 bridgehead atoms. The fraction of sp³-hybridized carbons (Fsp3) is 0.733. The third kappa shape index (κ3) is 3.04. The molecule has 2 saturated heterocycles. The summed E-state index contributed by atoms with van der Waals surface area (Å²) < 4.78 is 19.7. The lowest BCUT2D eigenvalue weighted by atomic mass is 9.94. The van der Waals surface area contributed by atoms with Gasteiger partial charge in [0.1, 0.15) is 5.60 Å². The molecule has 2 aliphatic heterocycles. The van der Waals surface area contributed by atoms with Crippen LogP contribution in [0.1, 0.15) is 33.6 Å². The van der Waals surface area contributed by atoms with Gasteiger partial charge >= 0.3 is 6.09 Å². The number of ketones is 1. The molecule has 6 heteroatoms. The lowest BCUT2D eigenvalue weighted by Gasteiger charge is -2.38. The Labute approximate surface area is 124 Å². The average molecular weight is 298 g/mol. The monoisotopic (exact) mass is 298 g/mol. The van der Waals surface area contributed by atoms with Crippen molar-refractivity contribution in [2.24, 2.45) is 0 Å². The Morgan fingerprint density at radius 2 is 2.00 bits per heavy atom. The minimum absolute atomic E-state index is 0.354. The van der Waals surface area contributed by atoms with Gasteiger partial charge in [0.25, 0.3) is 0 Å². The topological polar surface area (TPSA) is 49.9 Å². The third-order valence-corrected chi connectivity index (χ3v) is 3.66. The maximum Gasteiger partial charge on any atom is 0.411 e. The second kappa shape index (κ2) is 5.31.